The number of amides is 1. The number of esters is 1. The fraction of sp³-hybridized carbons (Fsp3) is 0.423. The van der Waals surface area contributed by atoms with Gasteiger partial charge in [0, 0.05) is 26.2 Å². The summed E-state index contributed by atoms with van der Waals surface area (Å²) in [6, 6.07) is 12.4. The lowest BCUT2D eigenvalue weighted by Gasteiger charge is -2.40. The zero-order valence-corrected chi connectivity index (χ0v) is 21.0. The normalized spacial score (nSPS) is 19.8. The van der Waals surface area contributed by atoms with E-state index in [0.29, 0.717) is 36.1 Å². The molecule has 2 unspecified atom stereocenters. The molecule has 10 nitrogen and oxygen atoms in total. The Morgan fingerprint density at radius 1 is 0.944 bits per heavy atom. The van der Waals surface area contributed by atoms with Crippen molar-refractivity contribution < 1.29 is 28.5 Å². The van der Waals surface area contributed by atoms with Crippen molar-refractivity contribution >= 4 is 23.5 Å². The van der Waals surface area contributed by atoms with Crippen LogP contribution in [0.15, 0.2) is 47.5 Å². The van der Waals surface area contributed by atoms with Crippen molar-refractivity contribution in [2.45, 2.75) is 13.0 Å². The van der Waals surface area contributed by atoms with Gasteiger partial charge >= 0.3 is 5.97 Å². The maximum absolute atomic E-state index is 13.2. The number of anilines is 1. The van der Waals surface area contributed by atoms with Crippen LogP contribution in [0.3, 0.4) is 0 Å². The number of guanidine groups is 1. The molecule has 36 heavy (non-hydrogen) atoms. The number of para-hydroxylation sites is 2. The van der Waals surface area contributed by atoms with Gasteiger partial charge in [-0.2, -0.15) is 0 Å². The molecule has 1 amide bonds. The molecule has 0 radical (unpaired) electrons. The van der Waals surface area contributed by atoms with E-state index in [9.17, 15) is 9.59 Å². The third-order valence-electron chi connectivity index (χ3n) is 6.39. The predicted octanol–water partition coefficient (Wildman–Crippen LogP) is 2.24. The molecule has 2 aliphatic heterocycles. The number of nitrogens with zero attached hydrogens (tertiary/aromatic N) is 3. The van der Waals surface area contributed by atoms with E-state index in [0.717, 1.165) is 24.5 Å². The lowest BCUT2D eigenvalue weighted by molar-refractivity contribution is -0.153. The van der Waals surface area contributed by atoms with Crippen LogP contribution in [0.25, 0.3) is 0 Å². The van der Waals surface area contributed by atoms with Crippen molar-refractivity contribution in [2.24, 2.45) is 10.9 Å². The van der Waals surface area contributed by atoms with Crippen LogP contribution in [0.1, 0.15) is 18.5 Å². The number of piperazine rings is 1. The van der Waals surface area contributed by atoms with E-state index in [1.54, 1.807) is 39.3 Å². The number of carbonyl (C=O) groups is 2. The van der Waals surface area contributed by atoms with Crippen molar-refractivity contribution in [1.29, 1.82) is 0 Å². The van der Waals surface area contributed by atoms with Gasteiger partial charge in [-0.05, 0) is 36.8 Å². The highest BCUT2D eigenvalue weighted by Gasteiger charge is 2.42. The molecule has 0 saturated carbocycles. The Morgan fingerprint density at radius 2 is 1.61 bits per heavy atom. The van der Waals surface area contributed by atoms with Gasteiger partial charge in [-0.15, -0.1) is 0 Å². The van der Waals surface area contributed by atoms with Crippen LogP contribution >= 0.6 is 0 Å². The number of nitrogens with one attached hydrogen (secondary N) is 1. The van der Waals surface area contributed by atoms with Gasteiger partial charge in [0.1, 0.15) is 11.8 Å². The minimum Gasteiger partial charge on any atom is -0.495 e. The first kappa shape index (κ1) is 25.2. The van der Waals surface area contributed by atoms with Gasteiger partial charge in [0.05, 0.1) is 33.6 Å². The highest BCUT2D eigenvalue weighted by molar-refractivity contribution is 6.08. The van der Waals surface area contributed by atoms with Crippen LogP contribution in [-0.4, -0.2) is 76.9 Å². The third kappa shape index (κ3) is 5.02. The Bertz CT molecular complexity index is 1130. The van der Waals surface area contributed by atoms with Gasteiger partial charge < -0.3 is 28.7 Å². The Morgan fingerprint density at radius 3 is 2.28 bits per heavy atom. The molecule has 2 heterocycles. The maximum Gasteiger partial charge on any atom is 0.321 e. The molecule has 2 aromatic rings. The quantitative estimate of drug-likeness (QED) is 0.460. The Labute approximate surface area is 210 Å². The molecule has 1 saturated heterocycles. The Balaban J connectivity index is 1.61. The van der Waals surface area contributed by atoms with E-state index in [-0.39, 0.29) is 6.61 Å². The molecule has 10 heteroatoms. The van der Waals surface area contributed by atoms with Gasteiger partial charge in [-0.3, -0.25) is 14.9 Å². The van der Waals surface area contributed by atoms with E-state index in [1.165, 1.54) is 7.11 Å². The van der Waals surface area contributed by atoms with E-state index < -0.39 is 23.8 Å². The molecular formula is C26H32N4O6. The van der Waals surface area contributed by atoms with Gasteiger partial charge in [0.2, 0.25) is 11.9 Å². The first-order valence-corrected chi connectivity index (χ1v) is 11.9. The van der Waals surface area contributed by atoms with E-state index in [1.807, 2.05) is 29.2 Å². The number of aliphatic imine (C=N–C) groups is 1. The van der Waals surface area contributed by atoms with Crippen LogP contribution < -0.4 is 24.4 Å². The molecule has 2 atom stereocenters. The lowest BCUT2D eigenvalue weighted by atomic mass is 9.91. The minimum atomic E-state index is -1.11. The van der Waals surface area contributed by atoms with Gasteiger partial charge in [0.25, 0.3) is 0 Å². The average molecular weight is 497 g/mol. The molecular weight excluding hydrogens is 464 g/mol. The summed E-state index contributed by atoms with van der Waals surface area (Å²) in [7, 11) is 4.75. The Hall–Kier alpha value is -3.95. The zero-order chi connectivity index (χ0) is 25.7. The standard InChI is InChI=1S/C26H32N4O6/c1-5-36-25(32)22-23(17-10-11-20(34-3)21(16-17)35-4)27-26(28-24(22)31)30-14-12-29(13-15-30)18-8-6-7-9-19(18)33-2/h6-11,16,22-23H,5,12-15H2,1-4H3,(H,27,28,31). The summed E-state index contributed by atoms with van der Waals surface area (Å²) < 4.78 is 21.5. The minimum absolute atomic E-state index is 0.169. The molecule has 192 valence electrons. The second kappa shape index (κ2) is 11.2. The molecule has 1 N–H and O–H groups in total. The van der Waals surface area contributed by atoms with Crippen molar-refractivity contribution in [3.63, 3.8) is 0 Å². The molecule has 1 fully saturated rings. The number of methoxy groups -OCH3 is 3. The highest BCUT2D eigenvalue weighted by atomic mass is 16.5. The zero-order valence-electron chi connectivity index (χ0n) is 21.0. The first-order chi connectivity index (χ1) is 17.5. The van der Waals surface area contributed by atoms with Crippen molar-refractivity contribution in [3.8, 4) is 17.2 Å². The first-order valence-electron chi connectivity index (χ1n) is 11.9. The molecule has 0 bridgehead atoms. The van der Waals surface area contributed by atoms with E-state index in [4.69, 9.17) is 23.9 Å². The fourth-order valence-corrected chi connectivity index (χ4v) is 4.55. The number of carbonyl (C=O) groups excluding carboxylic acids is 2. The number of hydrogen-bond donors (Lipinski definition) is 1. The largest absolute Gasteiger partial charge is 0.495 e. The highest BCUT2D eigenvalue weighted by Crippen LogP contribution is 2.36. The second-order valence-corrected chi connectivity index (χ2v) is 8.38. The molecule has 0 spiro atoms. The van der Waals surface area contributed by atoms with Crippen LogP contribution in [-0.2, 0) is 14.3 Å². The number of rotatable bonds is 7. The van der Waals surface area contributed by atoms with Crippen LogP contribution in [0.2, 0.25) is 0 Å². The summed E-state index contributed by atoms with van der Waals surface area (Å²) in [5, 5.41) is 2.84. The Kier molecular flexibility index (Phi) is 7.82. The summed E-state index contributed by atoms with van der Waals surface area (Å²) in [5.41, 5.74) is 1.69. The summed E-state index contributed by atoms with van der Waals surface area (Å²) in [5.74, 6) is 0.141. The summed E-state index contributed by atoms with van der Waals surface area (Å²) >= 11 is 0. The van der Waals surface area contributed by atoms with Crippen LogP contribution in [0, 0.1) is 5.92 Å². The smallest absolute Gasteiger partial charge is 0.321 e. The van der Waals surface area contributed by atoms with Crippen molar-refractivity contribution in [1.82, 2.24) is 10.2 Å². The summed E-state index contributed by atoms with van der Waals surface area (Å²) in [6.07, 6.45) is 0. The molecule has 0 aromatic heterocycles. The van der Waals surface area contributed by atoms with Gasteiger partial charge in [0.15, 0.2) is 17.4 Å². The van der Waals surface area contributed by atoms with Gasteiger partial charge in [-0.1, -0.05) is 18.2 Å². The summed E-state index contributed by atoms with van der Waals surface area (Å²) in [6.45, 7) is 4.59. The fourth-order valence-electron chi connectivity index (χ4n) is 4.55. The predicted molar refractivity (Wildman–Crippen MR) is 135 cm³/mol. The third-order valence-corrected chi connectivity index (χ3v) is 6.39. The molecule has 2 aromatic carbocycles. The van der Waals surface area contributed by atoms with E-state index in [2.05, 4.69) is 10.2 Å². The lowest BCUT2D eigenvalue weighted by Crippen LogP contribution is -2.57. The SMILES string of the molecule is CCOC(=O)C1C(=O)NC(N2CCN(c3ccccc3OC)CC2)=NC1c1ccc(OC)c(OC)c1. The second-order valence-electron chi connectivity index (χ2n) is 8.38. The monoisotopic (exact) mass is 496 g/mol. The van der Waals surface area contributed by atoms with Gasteiger partial charge in [-0.25, -0.2) is 4.99 Å². The van der Waals surface area contributed by atoms with Crippen molar-refractivity contribution in [3.05, 3.63) is 48.0 Å². The topological polar surface area (TPSA) is 102 Å². The van der Waals surface area contributed by atoms with Crippen LogP contribution in [0.5, 0.6) is 17.2 Å². The molecule has 2 aliphatic rings. The maximum atomic E-state index is 13.2. The number of hydrogen-bond acceptors (Lipinski definition) is 9. The van der Waals surface area contributed by atoms with Crippen molar-refractivity contribution in [2.75, 3.05) is 59.0 Å². The summed E-state index contributed by atoms with van der Waals surface area (Å²) in [4.78, 5) is 35.1. The average Bonchev–Trinajstić information content (AvgIpc) is 2.92. The molecule has 0 aliphatic carbocycles. The van der Waals surface area contributed by atoms with E-state index >= 15 is 0 Å². The number of ether oxygens (including phenoxy) is 4. The number of benzene rings is 2. The molecule has 4 rings (SSSR count). The van der Waals surface area contributed by atoms with Crippen LogP contribution in [0.4, 0.5) is 5.69 Å².